The lowest BCUT2D eigenvalue weighted by atomic mass is 9.96. The van der Waals surface area contributed by atoms with Gasteiger partial charge in [-0.25, -0.2) is 0 Å². The molecule has 120 valence electrons. The van der Waals surface area contributed by atoms with E-state index in [0.717, 1.165) is 0 Å². The zero-order valence-corrected chi connectivity index (χ0v) is 13.0. The molecule has 22 heavy (non-hydrogen) atoms. The highest BCUT2D eigenvalue weighted by atomic mass is 16.6. The molecule has 0 atom stereocenters. The van der Waals surface area contributed by atoms with Gasteiger partial charge in [0.25, 0.3) is 6.47 Å². The molecule has 6 nitrogen and oxygen atoms in total. The Balaban J connectivity index is 2.66. The van der Waals surface area contributed by atoms with Gasteiger partial charge in [0.1, 0.15) is 19.0 Å². The first-order chi connectivity index (χ1) is 10.4. The quantitative estimate of drug-likeness (QED) is 0.301. The van der Waals surface area contributed by atoms with E-state index in [9.17, 15) is 14.4 Å². The van der Waals surface area contributed by atoms with Gasteiger partial charge >= 0.3 is 5.97 Å². The maximum atomic E-state index is 12.4. The standard InChI is InChI=1S/C16H20O6/c1-4-14(18)22-16(2,3)15(19)12-5-7-13(8-6-12)21-10-9-20-11-17/h5-8,11H,4,9-10H2,1-3H3. The Labute approximate surface area is 129 Å². The summed E-state index contributed by atoms with van der Waals surface area (Å²) in [6.45, 7) is 5.53. The Hall–Kier alpha value is -2.37. The minimum atomic E-state index is -1.22. The SMILES string of the molecule is CCC(=O)OC(C)(C)C(=O)c1ccc(OCCOC=O)cc1. The van der Waals surface area contributed by atoms with Crippen molar-refractivity contribution in [2.24, 2.45) is 0 Å². The fourth-order valence-electron chi connectivity index (χ4n) is 1.71. The van der Waals surface area contributed by atoms with Crippen LogP contribution < -0.4 is 4.74 Å². The zero-order valence-electron chi connectivity index (χ0n) is 13.0. The van der Waals surface area contributed by atoms with Crippen molar-refractivity contribution in [1.29, 1.82) is 0 Å². The third kappa shape index (κ3) is 5.20. The van der Waals surface area contributed by atoms with E-state index in [-0.39, 0.29) is 25.4 Å². The third-order valence-corrected chi connectivity index (χ3v) is 2.86. The van der Waals surface area contributed by atoms with Crippen LogP contribution in [-0.2, 0) is 19.1 Å². The predicted octanol–water partition coefficient (Wildman–Crippen LogP) is 2.15. The molecule has 0 aromatic heterocycles. The Bertz CT molecular complexity index is 518. The van der Waals surface area contributed by atoms with Crippen LogP contribution in [0.1, 0.15) is 37.6 Å². The average Bonchev–Trinajstić information content (AvgIpc) is 2.51. The summed E-state index contributed by atoms with van der Waals surface area (Å²) in [5.41, 5.74) is -0.793. The fourth-order valence-corrected chi connectivity index (χ4v) is 1.71. The first-order valence-electron chi connectivity index (χ1n) is 6.95. The van der Waals surface area contributed by atoms with Gasteiger partial charge < -0.3 is 14.2 Å². The molecular weight excluding hydrogens is 288 g/mol. The third-order valence-electron chi connectivity index (χ3n) is 2.86. The van der Waals surface area contributed by atoms with Crippen molar-refractivity contribution < 1.29 is 28.6 Å². The van der Waals surface area contributed by atoms with E-state index >= 15 is 0 Å². The Morgan fingerprint density at radius 1 is 1.14 bits per heavy atom. The maximum Gasteiger partial charge on any atom is 0.306 e. The van der Waals surface area contributed by atoms with Gasteiger partial charge in [0.05, 0.1) is 0 Å². The molecule has 0 aliphatic carbocycles. The number of carbonyl (C=O) groups excluding carboxylic acids is 3. The summed E-state index contributed by atoms with van der Waals surface area (Å²) >= 11 is 0. The summed E-state index contributed by atoms with van der Waals surface area (Å²) in [5, 5.41) is 0. The Kier molecular flexibility index (Phi) is 6.56. The van der Waals surface area contributed by atoms with Crippen LogP contribution >= 0.6 is 0 Å². The number of hydrogen-bond acceptors (Lipinski definition) is 6. The van der Waals surface area contributed by atoms with Gasteiger partial charge in [0.2, 0.25) is 5.78 Å². The van der Waals surface area contributed by atoms with Crippen LogP contribution in [0.15, 0.2) is 24.3 Å². The van der Waals surface area contributed by atoms with Crippen molar-refractivity contribution >= 4 is 18.2 Å². The summed E-state index contributed by atoms with van der Waals surface area (Å²) in [6.07, 6.45) is 0.215. The topological polar surface area (TPSA) is 78.9 Å². The van der Waals surface area contributed by atoms with Crippen LogP contribution in [0, 0.1) is 0 Å². The monoisotopic (exact) mass is 308 g/mol. The van der Waals surface area contributed by atoms with Crippen molar-refractivity contribution in [2.45, 2.75) is 32.8 Å². The van der Waals surface area contributed by atoms with Crippen molar-refractivity contribution in [3.05, 3.63) is 29.8 Å². The summed E-state index contributed by atoms with van der Waals surface area (Å²) < 4.78 is 15.0. The van der Waals surface area contributed by atoms with E-state index in [1.54, 1.807) is 45.0 Å². The maximum absolute atomic E-state index is 12.4. The summed E-state index contributed by atoms with van der Waals surface area (Å²) in [4.78, 5) is 33.7. The Morgan fingerprint density at radius 3 is 2.32 bits per heavy atom. The first-order valence-corrected chi connectivity index (χ1v) is 6.95. The fraction of sp³-hybridized carbons (Fsp3) is 0.438. The highest BCUT2D eigenvalue weighted by molar-refractivity contribution is 6.03. The molecule has 0 bridgehead atoms. The molecule has 0 N–H and O–H groups in total. The van der Waals surface area contributed by atoms with Crippen molar-refractivity contribution in [3.8, 4) is 5.75 Å². The number of benzene rings is 1. The van der Waals surface area contributed by atoms with E-state index in [1.165, 1.54) is 0 Å². The number of Topliss-reactive ketones (excluding diaryl/α,β-unsaturated/α-hetero) is 1. The van der Waals surface area contributed by atoms with Gasteiger partial charge in [-0.2, -0.15) is 0 Å². The highest BCUT2D eigenvalue weighted by Crippen LogP contribution is 2.20. The van der Waals surface area contributed by atoms with Gasteiger partial charge in [-0.05, 0) is 38.1 Å². The molecule has 1 aromatic carbocycles. The number of ether oxygens (including phenoxy) is 3. The average molecular weight is 308 g/mol. The van der Waals surface area contributed by atoms with E-state index < -0.39 is 11.6 Å². The number of rotatable bonds is 9. The van der Waals surface area contributed by atoms with Crippen molar-refractivity contribution in [2.75, 3.05) is 13.2 Å². The second-order valence-corrected chi connectivity index (χ2v) is 5.01. The summed E-state index contributed by atoms with van der Waals surface area (Å²) in [7, 11) is 0. The second kappa shape index (κ2) is 8.17. The van der Waals surface area contributed by atoms with Gasteiger partial charge in [-0.15, -0.1) is 0 Å². The molecule has 1 rings (SSSR count). The van der Waals surface area contributed by atoms with Gasteiger partial charge in [-0.1, -0.05) is 6.92 Å². The molecular formula is C16H20O6. The van der Waals surface area contributed by atoms with Crippen LogP contribution in [-0.4, -0.2) is 37.0 Å². The molecule has 0 aliphatic rings. The molecule has 0 aliphatic heterocycles. The number of esters is 1. The number of carbonyl (C=O) groups is 3. The van der Waals surface area contributed by atoms with Crippen LogP contribution in [0.2, 0.25) is 0 Å². The number of ketones is 1. The van der Waals surface area contributed by atoms with E-state index in [1.807, 2.05) is 0 Å². The lowest BCUT2D eigenvalue weighted by Crippen LogP contribution is -2.37. The molecule has 0 heterocycles. The van der Waals surface area contributed by atoms with Crippen molar-refractivity contribution in [1.82, 2.24) is 0 Å². The lowest BCUT2D eigenvalue weighted by molar-refractivity contribution is -0.152. The summed E-state index contributed by atoms with van der Waals surface area (Å²) in [5.74, 6) is -0.159. The zero-order chi connectivity index (χ0) is 16.6. The molecule has 0 unspecified atom stereocenters. The van der Waals surface area contributed by atoms with Crippen LogP contribution in [0.5, 0.6) is 5.75 Å². The van der Waals surface area contributed by atoms with Gasteiger partial charge in [0, 0.05) is 12.0 Å². The Morgan fingerprint density at radius 2 is 1.77 bits per heavy atom. The van der Waals surface area contributed by atoms with E-state index in [2.05, 4.69) is 4.74 Å². The van der Waals surface area contributed by atoms with E-state index in [4.69, 9.17) is 9.47 Å². The van der Waals surface area contributed by atoms with Crippen molar-refractivity contribution in [3.63, 3.8) is 0 Å². The molecule has 0 saturated heterocycles. The molecule has 0 amide bonds. The van der Waals surface area contributed by atoms with Crippen LogP contribution in [0.3, 0.4) is 0 Å². The molecule has 0 spiro atoms. The predicted molar refractivity (Wildman–Crippen MR) is 78.7 cm³/mol. The van der Waals surface area contributed by atoms with Gasteiger partial charge in [0.15, 0.2) is 5.60 Å². The van der Waals surface area contributed by atoms with Crippen LogP contribution in [0.4, 0.5) is 0 Å². The largest absolute Gasteiger partial charge is 0.490 e. The second-order valence-electron chi connectivity index (χ2n) is 5.01. The molecule has 0 saturated carbocycles. The smallest absolute Gasteiger partial charge is 0.306 e. The molecule has 0 radical (unpaired) electrons. The minimum absolute atomic E-state index is 0.157. The number of hydrogen-bond donors (Lipinski definition) is 0. The summed E-state index contributed by atoms with van der Waals surface area (Å²) in [6, 6.07) is 6.46. The minimum Gasteiger partial charge on any atom is -0.490 e. The lowest BCUT2D eigenvalue weighted by Gasteiger charge is -2.23. The van der Waals surface area contributed by atoms with Gasteiger partial charge in [-0.3, -0.25) is 14.4 Å². The first kappa shape index (κ1) is 17.7. The molecule has 6 heteroatoms. The molecule has 0 fully saturated rings. The highest BCUT2D eigenvalue weighted by Gasteiger charge is 2.32. The van der Waals surface area contributed by atoms with E-state index in [0.29, 0.717) is 17.8 Å². The normalized spacial score (nSPS) is 10.7. The van der Waals surface area contributed by atoms with Crippen LogP contribution in [0.25, 0.3) is 0 Å². The molecule has 1 aromatic rings.